The van der Waals surface area contributed by atoms with E-state index in [1.54, 1.807) is 12.1 Å². The van der Waals surface area contributed by atoms with Gasteiger partial charge in [-0.3, -0.25) is 4.57 Å². The Balaban J connectivity index is 1.25. The highest BCUT2D eigenvalue weighted by Crippen LogP contribution is 2.38. The second-order valence-corrected chi connectivity index (χ2v) is 11.4. The lowest BCUT2D eigenvalue weighted by atomic mass is 10.1. The summed E-state index contributed by atoms with van der Waals surface area (Å²) in [7, 11) is -1.98. The van der Waals surface area contributed by atoms with Gasteiger partial charge in [0.25, 0.3) is 0 Å². The SMILES string of the molecule is Cn1c(-c2cc[n+](Cc3ccc(CO)cc3)cc2)ccc1-c1cc[n+](Cc2ccc(CP(=O)(O)O)cc2)cc1. The Kier molecular flexibility index (Phi) is 7.87. The number of hydrogen-bond acceptors (Lipinski definition) is 2. The summed E-state index contributed by atoms with van der Waals surface area (Å²) < 4.78 is 17.6. The summed E-state index contributed by atoms with van der Waals surface area (Å²) in [5, 5.41) is 9.23. The standard InChI is InChI=1S/C31H30N3O4P/c1-32-30(28-12-16-33(17-13-28)20-24-2-6-26(22-35)7-3-24)10-11-31(32)29-14-18-34(19-15-29)21-25-4-8-27(9-5-25)23-39(36,37)38/h2-19,35H,20-23H2,1H3/p+2. The number of aliphatic hydroxyl groups is 1. The molecule has 3 aromatic heterocycles. The van der Waals surface area contributed by atoms with Crippen LogP contribution in [0.1, 0.15) is 22.3 Å². The van der Waals surface area contributed by atoms with E-state index in [2.05, 4.69) is 69.5 Å². The van der Waals surface area contributed by atoms with Crippen molar-refractivity contribution >= 4 is 7.60 Å². The molecular weight excluding hydrogens is 509 g/mol. The van der Waals surface area contributed by atoms with Crippen LogP contribution in [0.25, 0.3) is 22.5 Å². The molecule has 0 aliphatic carbocycles. The third-order valence-electron chi connectivity index (χ3n) is 6.84. The first-order valence-corrected chi connectivity index (χ1v) is 14.5. The molecule has 0 unspecified atom stereocenters. The molecule has 3 heterocycles. The molecule has 7 nitrogen and oxygen atoms in total. The molecule has 0 aliphatic rings. The summed E-state index contributed by atoms with van der Waals surface area (Å²) in [6, 6.07) is 28.1. The molecule has 39 heavy (non-hydrogen) atoms. The minimum atomic E-state index is -4.06. The molecule has 8 heteroatoms. The smallest absolute Gasteiger partial charge is 0.329 e. The fourth-order valence-electron chi connectivity index (χ4n) is 4.72. The molecule has 0 atom stereocenters. The third-order valence-corrected chi connectivity index (χ3v) is 7.62. The van der Waals surface area contributed by atoms with Crippen molar-refractivity contribution in [2.24, 2.45) is 7.05 Å². The Morgan fingerprint density at radius 1 is 0.615 bits per heavy atom. The van der Waals surface area contributed by atoms with Gasteiger partial charge in [-0.15, -0.1) is 0 Å². The van der Waals surface area contributed by atoms with Gasteiger partial charge in [0.1, 0.15) is 0 Å². The number of pyridine rings is 2. The van der Waals surface area contributed by atoms with E-state index in [1.165, 1.54) is 5.56 Å². The van der Waals surface area contributed by atoms with E-state index in [0.717, 1.165) is 40.2 Å². The normalized spacial score (nSPS) is 11.6. The van der Waals surface area contributed by atoms with Crippen molar-refractivity contribution in [3.63, 3.8) is 0 Å². The number of aromatic nitrogens is 3. The van der Waals surface area contributed by atoms with E-state index in [4.69, 9.17) is 9.79 Å². The number of benzene rings is 2. The maximum absolute atomic E-state index is 11.2. The van der Waals surface area contributed by atoms with Crippen LogP contribution >= 0.6 is 7.60 Å². The average molecular weight is 542 g/mol. The van der Waals surface area contributed by atoms with Crippen LogP contribution in [0, 0.1) is 0 Å². The highest BCUT2D eigenvalue weighted by molar-refractivity contribution is 7.50. The van der Waals surface area contributed by atoms with Gasteiger partial charge in [0.2, 0.25) is 0 Å². The summed E-state index contributed by atoms with van der Waals surface area (Å²) in [5.41, 5.74) is 8.32. The topological polar surface area (TPSA) is 90.5 Å². The molecule has 0 spiro atoms. The first-order chi connectivity index (χ1) is 18.8. The van der Waals surface area contributed by atoms with Crippen molar-refractivity contribution in [3.05, 3.63) is 132 Å². The molecular formula is C31H32N3O4P+2. The van der Waals surface area contributed by atoms with Gasteiger partial charge in [0, 0.05) is 65.0 Å². The molecule has 0 radical (unpaired) electrons. The van der Waals surface area contributed by atoms with Gasteiger partial charge in [-0.2, -0.15) is 0 Å². The van der Waals surface area contributed by atoms with Gasteiger partial charge in [-0.25, -0.2) is 9.13 Å². The first-order valence-electron chi connectivity index (χ1n) is 12.7. The minimum Gasteiger partial charge on any atom is -0.392 e. The van der Waals surface area contributed by atoms with Gasteiger partial charge < -0.3 is 19.5 Å². The zero-order valence-corrected chi connectivity index (χ0v) is 22.7. The summed E-state index contributed by atoms with van der Waals surface area (Å²) in [5.74, 6) is 0. The Morgan fingerprint density at radius 3 is 1.38 bits per heavy atom. The predicted octanol–water partition coefficient (Wildman–Crippen LogP) is 4.20. The van der Waals surface area contributed by atoms with Crippen molar-refractivity contribution in [1.29, 1.82) is 0 Å². The molecule has 2 aromatic carbocycles. The van der Waals surface area contributed by atoms with Crippen LogP contribution in [0.2, 0.25) is 0 Å². The fourth-order valence-corrected chi connectivity index (χ4v) is 5.40. The molecule has 0 fully saturated rings. The summed E-state index contributed by atoms with van der Waals surface area (Å²) in [6.07, 6.45) is 8.03. The predicted molar refractivity (Wildman–Crippen MR) is 149 cm³/mol. The monoisotopic (exact) mass is 541 g/mol. The van der Waals surface area contributed by atoms with Gasteiger partial charge >= 0.3 is 7.60 Å². The lowest BCUT2D eigenvalue weighted by Gasteiger charge is -2.08. The Bertz CT molecular complexity index is 1590. The second kappa shape index (κ2) is 11.5. The minimum absolute atomic E-state index is 0.0595. The lowest BCUT2D eigenvalue weighted by molar-refractivity contribution is -0.688. The van der Waals surface area contributed by atoms with Crippen LogP contribution in [0.4, 0.5) is 0 Å². The average Bonchev–Trinajstić information content (AvgIpc) is 3.31. The molecule has 5 aromatic rings. The van der Waals surface area contributed by atoms with Gasteiger partial charge in [-0.1, -0.05) is 48.5 Å². The molecule has 0 amide bonds. The molecule has 0 saturated carbocycles. The van der Waals surface area contributed by atoms with Crippen LogP contribution in [-0.2, 0) is 37.5 Å². The molecule has 0 bridgehead atoms. The second-order valence-electron chi connectivity index (χ2n) is 9.80. The van der Waals surface area contributed by atoms with Gasteiger partial charge in [0.05, 0.1) is 12.8 Å². The fraction of sp³-hybridized carbons (Fsp3) is 0.161. The maximum atomic E-state index is 11.2. The molecule has 0 aliphatic heterocycles. The zero-order valence-electron chi connectivity index (χ0n) is 21.8. The van der Waals surface area contributed by atoms with Crippen molar-refractivity contribution < 1.29 is 28.6 Å². The summed E-state index contributed by atoms with van der Waals surface area (Å²) >= 11 is 0. The van der Waals surface area contributed by atoms with Crippen molar-refractivity contribution in [3.8, 4) is 22.5 Å². The summed E-state index contributed by atoms with van der Waals surface area (Å²) in [6.45, 7) is 1.50. The van der Waals surface area contributed by atoms with Crippen LogP contribution in [0.15, 0.2) is 110 Å². The van der Waals surface area contributed by atoms with E-state index in [0.29, 0.717) is 12.1 Å². The van der Waals surface area contributed by atoms with E-state index in [1.807, 2.05) is 48.8 Å². The lowest BCUT2D eigenvalue weighted by Crippen LogP contribution is -2.33. The van der Waals surface area contributed by atoms with E-state index in [-0.39, 0.29) is 12.8 Å². The maximum Gasteiger partial charge on any atom is 0.329 e. The van der Waals surface area contributed by atoms with Crippen LogP contribution < -0.4 is 9.13 Å². The van der Waals surface area contributed by atoms with Gasteiger partial charge in [-0.05, 0) is 23.3 Å². The molecule has 198 valence electrons. The van der Waals surface area contributed by atoms with Crippen molar-refractivity contribution in [2.75, 3.05) is 0 Å². The Morgan fingerprint density at radius 2 is 1.00 bits per heavy atom. The number of hydrogen-bond donors (Lipinski definition) is 3. The Labute approximate surface area is 228 Å². The van der Waals surface area contributed by atoms with Crippen LogP contribution in [0.3, 0.4) is 0 Å². The third kappa shape index (κ3) is 6.77. The van der Waals surface area contributed by atoms with Crippen LogP contribution in [-0.4, -0.2) is 19.5 Å². The molecule has 5 rings (SSSR count). The van der Waals surface area contributed by atoms with Crippen molar-refractivity contribution in [2.45, 2.75) is 25.9 Å². The largest absolute Gasteiger partial charge is 0.392 e. The van der Waals surface area contributed by atoms with E-state index in [9.17, 15) is 9.67 Å². The first kappa shape index (κ1) is 26.7. The van der Waals surface area contributed by atoms with Crippen LogP contribution in [0.5, 0.6) is 0 Å². The Hall–Kier alpha value is -3.87. The van der Waals surface area contributed by atoms with E-state index >= 15 is 0 Å². The molecule has 3 N–H and O–H groups in total. The van der Waals surface area contributed by atoms with E-state index < -0.39 is 7.60 Å². The zero-order chi connectivity index (χ0) is 27.4. The number of rotatable bonds is 9. The van der Waals surface area contributed by atoms with Crippen molar-refractivity contribution in [1.82, 2.24) is 4.57 Å². The molecule has 0 saturated heterocycles. The number of nitrogens with zero attached hydrogens (tertiary/aromatic N) is 3. The quantitative estimate of drug-likeness (QED) is 0.193. The highest BCUT2D eigenvalue weighted by atomic mass is 31.2. The highest BCUT2D eigenvalue weighted by Gasteiger charge is 2.15. The van der Waals surface area contributed by atoms with Gasteiger partial charge in [0.15, 0.2) is 37.9 Å². The number of aliphatic hydroxyl groups excluding tert-OH is 1. The summed E-state index contributed by atoms with van der Waals surface area (Å²) in [4.78, 5) is 18.3.